The summed E-state index contributed by atoms with van der Waals surface area (Å²) in [4.78, 5) is 23.6. The molecule has 0 aliphatic rings. The molecule has 0 aliphatic carbocycles. The highest BCUT2D eigenvalue weighted by atomic mass is 32.2. The fourth-order valence-corrected chi connectivity index (χ4v) is 2.67. The topological polar surface area (TPSA) is 97.1 Å². The highest BCUT2D eigenvalue weighted by Gasteiger charge is 2.12. The van der Waals surface area contributed by atoms with E-state index in [0.29, 0.717) is 5.56 Å². The lowest BCUT2D eigenvalue weighted by Crippen LogP contribution is -2.43. The number of hydrazine groups is 1. The molecule has 0 atom stereocenters. The molecule has 138 valence electrons. The molecule has 27 heavy (non-hydrogen) atoms. The third-order valence-corrected chi connectivity index (χ3v) is 4.19. The molecule has 3 rings (SSSR count). The molecule has 9 heteroatoms. The molecule has 0 radical (unpaired) electrons. The van der Waals surface area contributed by atoms with E-state index >= 15 is 0 Å². The van der Waals surface area contributed by atoms with Gasteiger partial charge in [0.15, 0.2) is 0 Å². The second-order valence-corrected chi connectivity index (χ2v) is 6.35. The number of amides is 2. The summed E-state index contributed by atoms with van der Waals surface area (Å²) in [6.07, 6.45) is 0.166. The minimum atomic E-state index is -0.414. The summed E-state index contributed by atoms with van der Waals surface area (Å²) < 4.78 is 18.3. The van der Waals surface area contributed by atoms with Gasteiger partial charge in [0.1, 0.15) is 5.82 Å². The predicted molar refractivity (Wildman–Crippen MR) is 96.8 cm³/mol. The largest absolute Gasteiger partial charge is 0.411 e. The van der Waals surface area contributed by atoms with Gasteiger partial charge in [-0.1, -0.05) is 42.1 Å². The zero-order valence-electron chi connectivity index (χ0n) is 14.0. The van der Waals surface area contributed by atoms with Gasteiger partial charge in [-0.15, -0.1) is 10.2 Å². The van der Waals surface area contributed by atoms with Crippen LogP contribution in [0.2, 0.25) is 0 Å². The van der Waals surface area contributed by atoms with Crippen LogP contribution < -0.4 is 10.9 Å². The summed E-state index contributed by atoms with van der Waals surface area (Å²) in [7, 11) is 0. The molecule has 0 saturated carbocycles. The van der Waals surface area contributed by atoms with Crippen molar-refractivity contribution in [3.63, 3.8) is 0 Å². The Balaban J connectivity index is 1.43. The first-order valence-corrected chi connectivity index (χ1v) is 8.92. The van der Waals surface area contributed by atoms with Crippen LogP contribution in [0.1, 0.15) is 5.56 Å². The second-order valence-electron chi connectivity index (χ2n) is 5.43. The maximum absolute atomic E-state index is 12.9. The first kappa shape index (κ1) is 18.6. The van der Waals surface area contributed by atoms with Crippen molar-refractivity contribution in [2.24, 2.45) is 0 Å². The zero-order valence-corrected chi connectivity index (χ0v) is 14.8. The summed E-state index contributed by atoms with van der Waals surface area (Å²) in [5.74, 6) is -0.886. The van der Waals surface area contributed by atoms with Crippen LogP contribution >= 0.6 is 11.8 Å². The number of benzene rings is 2. The number of aromatic nitrogens is 2. The Morgan fingerprint density at radius 1 is 0.963 bits per heavy atom. The van der Waals surface area contributed by atoms with Gasteiger partial charge in [0.25, 0.3) is 5.22 Å². The Morgan fingerprint density at radius 2 is 1.67 bits per heavy atom. The van der Waals surface area contributed by atoms with Crippen molar-refractivity contribution in [3.05, 3.63) is 66.0 Å². The van der Waals surface area contributed by atoms with Gasteiger partial charge < -0.3 is 4.42 Å². The van der Waals surface area contributed by atoms with Crippen LogP contribution in [-0.2, 0) is 16.0 Å². The van der Waals surface area contributed by atoms with Crippen LogP contribution in [0, 0.1) is 5.82 Å². The molecule has 1 heterocycles. The van der Waals surface area contributed by atoms with Crippen LogP contribution in [-0.4, -0.2) is 27.8 Å². The Hall–Kier alpha value is -3.20. The maximum atomic E-state index is 12.9. The lowest BCUT2D eigenvalue weighted by Gasteiger charge is -2.06. The molecular formula is C18H15FN4O3S. The van der Waals surface area contributed by atoms with Crippen molar-refractivity contribution in [3.8, 4) is 11.5 Å². The predicted octanol–water partition coefficient (Wildman–Crippen LogP) is 2.36. The molecule has 0 saturated heterocycles. The van der Waals surface area contributed by atoms with Gasteiger partial charge >= 0.3 is 0 Å². The first-order valence-electron chi connectivity index (χ1n) is 7.94. The smallest absolute Gasteiger partial charge is 0.277 e. The Kier molecular flexibility index (Phi) is 6.16. The van der Waals surface area contributed by atoms with Crippen molar-refractivity contribution >= 4 is 23.6 Å². The van der Waals surface area contributed by atoms with E-state index in [2.05, 4.69) is 21.0 Å². The van der Waals surface area contributed by atoms with Crippen molar-refractivity contribution in [2.75, 3.05) is 5.75 Å². The van der Waals surface area contributed by atoms with Crippen molar-refractivity contribution in [1.82, 2.24) is 21.0 Å². The quantitative estimate of drug-likeness (QED) is 0.499. The molecule has 1 aromatic heterocycles. The molecule has 0 bridgehead atoms. The maximum Gasteiger partial charge on any atom is 0.277 e. The SMILES string of the molecule is O=C(CSc1nnc(-c2ccc(F)cc2)o1)NNC(=O)Cc1ccccc1. The number of nitrogens with one attached hydrogen (secondary N) is 2. The number of rotatable bonds is 6. The monoisotopic (exact) mass is 386 g/mol. The van der Waals surface area contributed by atoms with Crippen molar-refractivity contribution < 1.29 is 18.4 Å². The van der Waals surface area contributed by atoms with Crippen molar-refractivity contribution in [2.45, 2.75) is 11.6 Å². The highest BCUT2D eigenvalue weighted by molar-refractivity contribution is 7.99. The molecular weight excluding hydrogens is 371 g/mol. The number of hydrogen-bond acceptors (Lipinski definition) is 6. The Bertz CT molecular complexity index is 916. The third kappa shape index (κ3) is 5.65. The minimum Gasteiger partial charge on any atom is -0.411 e. The normalized spacial score (nSPS) is 10.4. The van der Waals surface area contributed by atoms with Gasteiger partial charge in [0.2, 0.25) is 17.7 Å². The molecule has 2 N–H and O–H groups in total. The van der Waals surface area contributed by atoms with Crippen LogP contribution in [0.3, 0.4) is 0 Å². The average Bonchev–Trinajstić information content (AvgIpc) is 3.15. The van der Waals surface area contributed by atoms with Crippen LogP contribution in [0.25, 0.3) is 11.5 Å². The second kappa shape index (κ2) is 8.95. The van der Waals surface area contributed by atoms with E-state index in [1.165, 1.54) is 24.3 Å². The van der Waals surface area contributed by atoms with E-state index in [-0.39, 0.29) is 35.0 Å². The summed E-state index contributed by atoms with van der Waals surface area (Å²) in [6.45, 7) is 0. The standard InChI is InChI=1S/C18H15FN4O3S/c19-14-8-6-13(7-9-14)17-22-23-18(26-17)27-11-16(25)21-20-15(24)10-12-4-2-1-3-5-12/h1-9H,10-11H2,(H,20,24)(H,21,25). The highest BCUT2D eigenvalue weighted by Crippen LogP contribution is 2.23. The van der Waals surface area contributed by atoms with Crippen LogP contribution in [0.5, 0.6) is 0 Å². The fraction of sp³-hybridized carbons (Fsp3) is 0.111. The van der Waals surface area contributed by atoms with Gasteiger partial charge in [-0.3, -0.25) is 20.4 Å². The summed E-state index contributed by atoms with van der Waals surface area (Å²) in [5.41, 5.74) is 6.10. The van der Waals surface area contributed by atoms with Crippen molar-refractivity contribution in [1.29, 1.82) is 0 Å². The van der Waals surface area contributed by atoms with Crippen LogP contribution in [0.4, 0.5) is 4.39 Å². The Morgan fingerprint density at radius 3 is 2.41 bits per heavy atom. The molecule has 2 aromatic carbocycles. The molecule has 2 amide bonds. The number of carbonyl (C=O) groups excluding carboxylic acids is 2. The molecule has 7 nitrogen and oxygen atoms in total. The summed E-state index contributed by atoms with van der Waals surface area (Å²) in [5, 5.41) is 7.87. The number of carbonyl (C=O) groups is 2. The number of nitrogens with zero attached hydrogens (tertiary/aromatic N) is 2. The average molecular weight is 386 g/mol. The van der Waals surface area contributed by atoms with Gasteiger partial charge in [-0.05, 0) is 29.8 Å². The van der Waals surface area contributed by atoms with E-state index in [4.69, 9.17) is 4.42 Å². The van der Waals surface area contributed by atoms with Crippen LogP contribution in [0.15, 0.2) is 64.2 Å². The lowest BCUT2D eigenvalue weighted by molar-refractivity contribution is -0.127. The first-order chi connectivity index (χ1) is 13.1. The summed E-state index contributed by atoms with van der Waals surface area (Å²) >= 11 is 1.03. The molecule has 3 aromatic rings. The van der Waals surface area contributed by atoms with Gasteiger partial charge in [0.05, 0.1) is 12.2 Å². The third-order valence-electron chi connectivity index (χ3n) is 3.37. The minimum absolute atomic E-state index is 0.0172. The van der Waals surface area contributed by atoms with Gasteiger partial charge in [0, 0.05) is 5.56 Å². The molecule has 0 unspecified atom stereocenters. The number of thioether (sulfide) groups is 1. The van der Waals surface area contributed by atoms with Gasteiger partial charge in [-0.2, -0.15) is 0 Å². The molecule has 0 spiro atoms. The number of halogens is 1. The zero-order chi connectivity index (χ0) is 19.1. The number of hydrogen-bond donors (Lipinski definition) is 2. The van der Waals surface area contributed by atoms with E-state index in [1.807, 2.05) is 30.3 Å². The fourth-order valence-electron chi connectivity index (χ4n) is 2.11. The molecule has 0 fully saturated rings. The molecule has 0 aliphatic heterocycles. The Labute approximate surface area is 158 Å². The van der Waals surface area contributed by atoms with E-state index in [1.54, 1.807) is 0 Å². The van der Waals surface area contributed by atoms with Gasteiger partial charge in [-0.25, -0.2) is 4.39 Å². The summed E-state index contributed by atoms with van der Waals surface area (Å²) in [6, 6.07) is 14.8. The van der Waals surface area contributed by atoms with E-state index in [0.717, 1.165) is 17.3 Å². The van der Waals surface area contributed by atoms with E-state index in [9.17, 15) is 14.0 Å². The lowest BCUT2D eigenvalue weighted by atomic mass is 10.1. The van der Waals surface area contributed by atoms with E-state index < -0.39 is 5.91 Å².